The molecule has 1 aromatic carbocycles. The van der Waals surface area contributed by atoms with Crippen LogP contribution in [0.15, 0.2) is 40.4 Å². The highest BCUT2D eigenvalue weighted by molar-refractivity contribution is 7.89. The second-order valence-corrected chi connectivity index (χ2v) is 8.51. The molecule has 2 aromatic rings. The first-order valence-corrected chi connectivity index (χ1v) is 9.82. The zero-order valence-corrected chi connectivity index (χ0v) is 15.8. The maximum absolute atomic E-state index is 13.4. The van der Waals surface area contributed by atoms with Crippen LogP contribution in [-0.4, -0.2) is 24.4 Å². The quantitative estimate of drug-likeness (QED) is 0.582. The fourth-order valence-electron chi connectivity index (χ4n) is 2.79. The van der Waals surface area contributed by atoms with E-state index in [9.17, 15) is 12.8 Å². The van der Waals surface area contributed by atoms with Gasteiger partial charge in [0.25, 0.3) is 0 Å². The summed E-state index contributed by atoms with van der Waals surface area (Å²) in [7, 11) is -2.12. The van der Waals surface area contributed by atoms with Crippen molar-refractivity contribution in [1.29, 1.82) is 5.26 Å². The van der Waals surface area contributed by atoms with Crippen LogP contribution in [0.25, 0.3) is 0 Å². The second-order valence-electron chi connectivity index (χ2n) is 6.82. The van der Waals surface area contributed by atoms with Crippen molar-refractivity contribution in [3.63, 3.8) is 0 Å². The molecule has 1 heterocycles. The molecule has 1 aliphatic carbocycles. The van der Waals surface area contributed by atoms with Crippen molar-refractivity contribution in [3.8, 4) is 6.07 Å². The molecule has 1 saturated carbocycles. The van der Waals surface area contributed by atoms with Crippen LogP contribution in [0.2, 0.25) is 0 Å². The van der Waals surface area contributed by atoms with Crippen molar-refractivity contribution in [2.24, 2.45) is 17.8 Å². The number of nitrogens with one attached hydrogen (secondary N) is 1. The second kappa shape index (κ2) is 6.79. The summed E-state index contributed by atoms with van der Waals surface area (Å²) in [5, 5.41) is 8.86. The van der Waals surface area contributed by atoms with Gasteiger partial charge in [0.2, 0.25) is 10.0 Å². The molecule has 1 fully saturated rings. The van der Waals surface area contributed by atoms with E-state index in [1.165, 1.54) is 24.4 Å². The van der Waals surface area contributed by atoms with E-state index in [4.69, 9.17) is 11.0 Å². The van der Waals surface area contributed by atoms with Crippen LogP contribution >= 0.6 is 0 Å². The number of halogens is 1. The van der Waals surface area contributed by atoms with Gasteiger partial charge in [0, 0.05) is 18.8 Å². The molecule has 3 rings (SSSR count). The lowest BCUT2D eigenvalue weighted by atomic mass is 10.2. The number of aliphatic imine (C=N–C) groups is 1. The van der Waals surface area contributed by atoms with Gasteiger partial charge >= 0.3 is 0 Å². The number of hydrogen-bond acceptors (Lipinski definition) is 4. The first kappa shape index (κ1) is 19.1. The lowest BCUT2D eigenvalue weighted by Gasteiger charge is -2.12. The third-order valence-electron chi connectivity index (χ3n) is 4.57. The summed E-state index contributed by atoms with van der Waals surface area (Å²) in [6.45, 7) is 1.62. The van der Waals surface area contributed by atoms with Gasteiger partial charge in [0.15, 0.2) is 0 Å². The highest BCUT2D eigenvalue weighted by Gasteiger charge is 2.46. The van der Waals surface area contributed by atoms with Gasteiger partial charge in [-0.25, -0.2) is 22.5 Å². The zero-order valence-electron chi connectivity index (χ0n) is 15.0. The van der Waals surface area contributed by atoms with Crippen LogP contribution in [0.3, 0.4) is 0 Å². The van der Waals surface area contributed by atoms with Gasteiger partial charge < -0.3 is 10.3 Å². The molecule has 0 bridgehead atoms. The molecular formula is C18H20FN5O2S. The van der Waals surface area contributed by atoms with Crippen molar-refractivity contribution in [1.82, 2.24) is 9.29 Å². The number of nitrogens with zero attached hydrogens (tertiary/aromatic N) is 3. The zero-order chi connectivity index (χ0) is 19.8. The number of nitriles is 1. The molecule has 1 aromatic heterocycles. The highest BCUT2D eigenvalue weighted by Crippen LogP contribution is 2.39. The van der Waals surface area contributed by atoms with Crippen molar-refractivity contribution < 1.29 is 12.8 Å². The van der Waals surface area contributed by atoms with E-state index < -0.39 is 15.6 Å². The van der Waals surface area contributed by atoms with Gasteiger partial charge in [-0.05, 0) is 49.6 Å². The largest absolute Gasteiger partial charge is 0.382 e. The van der Waals surface area contributed by atoms with Gasteiger partial charge in [-0.15, -0.1) is 0 Å². The Bertz CT molecular complexity index is 1060. The van der Waals surface area contributed by atoms with Gasteiger partial charge in [-0.1, -0.05) is 0 Å². The summed E-state index contributed by atoms with van der Waals surface area (Å²) in [6.07, 6.45) is 2.87. The molecule has 1 aliphatic rings. The van der Waals surface area contributed by atoms with Gasteiger partial charge in [0.1, 0.15) is 16.5 Å². The Balaban J connectivity index is 1.88. The van der Waals surface area contributed by atoms with E-state index in [1.807, 2.05) is 6.07 Å². The molecule has 7 nitrogen and oxygen atoms in total. The number of sulfonamides is 1. The molecule has 0 saturated heterocycles. The van der Waals surface area contributed by atoms with Gasteiger partial charge in [-0.3, -0.25) is 0 Å². The van der Waals surface area contributed by atoms with Crippen molar-refractivity contribution in [2.75, 3.05) is 0 Å². The number of nitrogens with two attached hydrogens (primary N) is 1. The molecule has 0 atom stereocenters. The smallest absolute Gasteiger partial charge is 0.242 e. The summed E-state index contributed by atoms with van der Waals surface area (Å²) < 4.78 is 42.8. The van der Waals surface area contributed by atoms with Crippen LogP contribution < -0.4 is 10.5 Å². The van der Waals surface area contributed by atoms with E-state index in [0.717, 1.165) is 0 Å². The fraction of sp³-hybridized carbons (Fsp3) is 0.333. The maximum Gasteiger partial charge on any atom is 0.242 e. The standard InChI is InChI=1S/C18H20FN5O2S/c1-12-9-13(3-4-15(12)19)22-17(21)16-10-14(11-24(16)2)27(25,26)23-18(5-6-18)7-8-20/h3-4,9-11,23H,5-7H2,1-2H3,(H2,21,22). The lowest BCUT2D eigenvalue weighted by Crippen LogP contribution is -2.36. The van der Waals surface area contributed by atoms with Crippen LogP contribution in [0.5, 0.6) is 0 Å². The molecule has 0 unspecified atom stereocenters. The Kier molecular flexibility index (Phi) is 4.80. The Labute approximate surface area is 157 Å². The molecular weight excluding hydrogens is 369 g/mol. The monoisotopic (exact) mass is 389 g/mol. The Hall–Kier alpha value is -2.70. The minimum Gasteiger partial charge on any atom is -0.382 e. The van der Waals surface area contributed by atoms with Crippen LogP contribution in [-0.2, 0) is 17.1 Å². The molecule has 0 aliphatic heterocycles. The van der Waals surface area contributed by atoms with E-state index in [-0.39, 0.29) is 23.0 Å². The normalized spacial score (nSPS) is 16.1. The fourth-order valence-corrected chi connectivity index (χ4v) is 4.32. The van der Waals surface area contributed by atoms with Crippen LogP contribution in [0.4, 0.5) is 10.1 Å². The van der Waals surface area contributed by atoms with E-state index in [2.05, 4.69) is 9.71 Å². The van der Waals surface area contributed by atoms with Gasteiger partial charge in [0.05, 0.1) is 23.9 Å². The van der Waals surface area contributed by atoms with E-state index in [1.54, 1.807) is 24.6 Å². The van der Waals surface area contributed by atoms with E-state index >= 15 is 0 Å². The topological polar surface area (TPSA) is 113 Å². The van der Waals surface area contributed by atoms with Crippen molar-refractivity contribution >= 4 is 21.5 Å². The Morgan fingerprint density at radius 1 is 1.44 bits per heavy atom. The lowest BCUT2D eigenvalue weighted by molar-refractivity contribution is 0.545. The van der Waals surface area contributed by atoms with Crippen molar-refractivity contribution in [3.05, 3.63) is 47.5 Å². The first-order chi connectivity index (χ1) is 12.7. The predicted molar refractivity (Wildman–Crippen MR) is 99.5 cm³/mol. The molecule has 27 heavy (non-hydrogen) atoms. The minimum atomic E-state index is -3.78. The summed E-state index contributed by atoms with van der Waals surface area (Å²) >= 11 is 0. The molecule has 0 spiro atoms. The molecule has 3 N–H and O–H groups in total. The first-order valence-electron chi connectivity index (χ1n) is 8.34. The number of hydrogen-bond donors (Lipinski definition) is 2. The van der Waals surface area contributed by atoms with E-state index in [0.29, 0.717) is 29.8 Å². The summed E-state index contributed by atoms with van der Waals surface area (Å²) in [5.41, 5.74) is 6.71. The van der Waals surface area contributed by atoms with Gasteiger partial charge in [-0.2, -0.15) is 5.26 Å². The van der Waals surface area contributed by atoms with Crippen LogP contribution in [0, 0.1) is 24.1 Å². The third kappa shape index (κ3) is 4.02. The highest BCUT2D eigenvalue weighted by atomic mass is 32.2. The predicted octanol–water partition coefficient (Wildman–Crippen LogP) is 2.23. The SMILES string of the molecule is Cc1cc(N=C(N)c2cc(S(=O)(=O)NC3(CC#N)CC3)cn2C)ccc1F. The molecule has 0 amide bonds. The number of rotatable bonds is 6. The number of aromatic nitrogens is 1. The van der Waals surface area contributed by atoms with Crippen LogP contribution in [0.1, 0.15) is 30.5 Å². The average molecular weight is 389 g/mol. The molecule has 9 heteroatoms. The average Bonchev–Trinajstić information content (AvgIpc) is 3.19. The third-order valence-corrected chi connectivity index (χ3v) is 6.11. The molecule has 0 radical (unpaired) electrons. The maximum atomic E-state index is 13.4. The Morgan fingerprint density at radius 3 is 2.74 bits per heavy atom. The number of aryl methyl sites for hydroxylation is 2. The molecule has 142 valence electrons. The summed E-state index contributed by atoms with van der Waals surface area (Å²) in [6, 6.07) is 7.80. The Morgan fingerprint density at radius 2 is 2.15 bits per heavy atom. The number of benzene rings is 1. The van der Waals surface area contributed by atoms with Crippen molar-refractivity contribution in [2.45, 2.75) is 36.6 Å². The summed E-state index contributed by atoms with van der Waals surface area (Å²) in [5.74, 6) is -0.222. The minimum absolute atomic E-state index is 0.0534. The summed E-state index contributed by atoms with van der Waals surface area (Å²) in [4.78, 5) is 4.31. The number of amidine groups is 1.